The van der Waals surface area contributed by atoms with Gasteiger partial charge in [0.2, 0.25) is 0 Å². The van der Waals surface area contributed by atoms with Crippen molar-refractivity contribution < 1.29 is 14.3 Å². The van der Waals surface area contributed by atoms with Gasteiger partial charge in [0.05, 0.1) is 25.4 Å². The van der Waals surface area contributed by atoms with Gasteiger partial charge in [0, 0.05) is 25.8 Å². The van der Waals surface area contributed by atoms with Gasteiger partial charge in [-0.3, -0.25) is 0 Å². The van der Waals surface area contributed by atoms with Gasteiger partial charge in [-0.25, -0.2) is 9.78 Å². The number of nitrogens with zero attached hydrogens (tertiary/aromatic N) is 3. The summed E-state index contributed by atoms with van der Waals surface area (Å²) >= 11 is 5.96. The highest BCUT2D eigenvalue weighted by atomic mass is 35.5. The summed E-state index contributed by atoms with van der Waals surface area (Å²) in [6, 6.07) is 4.70. The number of benzene rings is 1. The molecule has 128 valence electrons. The van der Waals surface area contributed by atoms with Crippen molar-refractivity contribution in [3.63, 3.8) is 0 Å². The average Bonchev–Trinajstić information content (AvgIpc) is 2.56. The molecule has 0 saturated carbocycles. The molecule has 2 amide bonds. The molecule has 1 aromatic carbocycles. The van der Waals surface area contributed by atoms with Crippen LogP contribution in [0.25, 0.3) is 0 Å². The summed E-state index contributed by atoms with van der Waals surface area (Å²) in [5.41, 5.74) is 0.980. The normalized spacial score (nSPS) is 10.0. The van der Waals surface area contributed by atoms with Crippen LogP contribution >= 0.6 is 11.6 Å². The molecular weight excluding hydrogens is 334 g/mol. The molecule has 0 bridgehead atoms. The molecule has 0 aliphatic rings. The van der Waals surface area contributed by atoms with Crippen LogP contribution in [0.5, 0.6) is 11.8 Å². The Labute approximate surface area is 144 Å². The number of amides is 2. The summed E-state index contributed by atoms with van der Waals surface area (Å²) in [7, 11) is 6.58. The first-order valence-electron chi connectivity index (χ1n) is 6.94. The second-order valence-electron chi connectivity index (χ2n) is 4.92. The van der Waals surface area contributed by atoms with Crippen LogP contribution < -0.4 is 25.0 Å². The summed E-state index contributed by atoms with van der Waals surface area (Å²) < 4.78 is 10.1. The van der Waals surface area contributed by atoms with Crippen LogP contribution in [-0.4, -0.2) is 44.3 Å². The number of rotatable bonds is 5. The largest absolute Gasteiger partial charge is 0.495 e. The predicted molar refractivity (Wildman–Crippen MR) is 93.6 cm³/mol. The quantitative estimate of drug-likeness (QED) is 0.861. The summed E-state index contributed by atoms with van der Waals surface area (Å²) in [5.74, 6) is 0.988. The van der Waals surface area contributed by atoms with E-state index in [4.69, 9.17) is 21.1 Å². The Morgan fingerprint density at radius 3 is 2.58 bits per heavy atom. The van der Waals surface area contributed by atoms with Gasteiger partial charge in [-0.05, 0) is 12.1 Å². The number of anilines is 3. The lowest BCUT2D eigenvalue weighted by Crippen LogP contribution is -2.22. The number of aromatic nitrogens is 2. The summed E-state index contributed by atoms with van der Waals surface area (Å²) in [6.07, 6.45) is 1.48. The van der Waals surface area contributed by atoms with E-state index in [1.807, 2.05) is 0 Å². The molecule has 0 unspecified atom stereocenters. The Morgan fingerprint density at radius 1 is 1.21 bits per heavy atom. The second kappa shape index (κ2) is 7.69. The van der Waals surface area contributed by atoms with E-state index in [1.165, 1.54) is 20.4 Å². The fourth-order valence-corrected chi connectivity index (χ4v) is 2.10. The number of urea groups is 1. The van der Waals surface area contributed by atoms with Gasteiger partial charge in [-0.1, -0.05) is 11.6 Å². The third-order valence-electron chi connectivity index (χ3n) is 3.01. The van der Waals surface area contributed by atoms with Crippen LogP contribution in [0.3, 0.4) is 0 Å². The van der Waals surface area contributed by atoms with Crippen LogP contribution in [0.4, 0.5) is 22.0 Å². The predicted octanol–water partition coefficient (Wildman–Crippen LogP) is 2.86. The maximum Gasteiger partial charge on any atom is 0.323 e. The van der Waals surface area contributed by atoms with E-state index in [9.17, 15) is 4.79 Å². The SMILES string of the molecule is COc1ncc(NC(=O)Nc2ccc(Cl)c(OC)c2)c(N(C)C)n1. The van der Waals surface area contributed by atoms with Gasteiger partial charge < -0.3 is 25.0 Å². The highest BCUT2D eigenvalue weighted by Crippen LogP contribution is 2.28. The molecule has 24 heavy (non-hydrogen) atoms. The fraction of sp³-hybridized carbons (Fsp3) is 0.267. The fourth-order valence-electron chi connectivity index (χ4n) is 1.91. The van der Waals surface area contributed by atoms with Gasteiger partial charge in [-0.15, -0.1) is 0 Å². The molecule has 0 aliphatic heterocycles. The first kappa shape index (κ1) is 17.6. The van der Waals surface area contributed by atoms with E-state index >= 15 is 0 Å². The van der Waals surface area contributed by atoms with Crippen molar-refractivity contribution in [2.45, 2.75) is 0 Å². The highest BCUT2D eigenvalue weighted by molar-refractivity contribution is 6.32. The third-order valence-corrected chi connectivity index (χ3v) is 3.32. The summed E-state index contributed by atoms with van der Waals surface area (Å²) in [4.78, 5) is 22.1. The van der Waals surface area contributed by atoms with E-state index in [0.717, 1.165) is 0 Å². The third kappa shape index (κ3) is 4.17. The maximum absolute atomic E-state index is 12.2. The Bertz CT molecular complexity index is 739. The van der Waals surface area contributed by atoms with E-state index < -0.39 is 6.03 Å². The molecule has 2 rings (SSSR count). The number of ether oxygens (including phenoxy) is 2. The molecule has 0 atom stereocenters. The second-order valence-corrected chi connectivity index (χ2v) is 5.32. The lowest BCUT2D eigenvalue weighted by atomic mass is 10.3. The Hall–Kier alpha value is -2.74. The van der Waals surface area contributed by atoms with Crippen molar-refractivity contribution in [2.75, 3.05) is 43.8 Å². The van der Waals surface area contributed by atoms with Crippen molar-refractivity contribution in [3.8, 4) is 11.8 Å². The Kier molecular flexibility index (Phi) is 5.64. The molecule has 2 aromatic rings. The standard InChI is InChI=1S/C15H18ClN5O3/c1-21(2)13-11(8-17-15(20-13)24-4)19-14(22)18-9-5-6-10(16)12(7-9)23-3/h5-8H,1-4H3,(H2,18,19,22). The van der Waals surface area contributed by atoms with Crippen molar-refractivity contribution in [3.05, 3.63) is 29.4 Å². The number of nitrogens with one attached hydrogen (secondary N) is 2. The number of carbonyl (C=O) groups is 1. The molecule has 9 heteroatoms. The zero-order chi connectivity index (χ0) is 17.7. The molecule has 2 N–H and O–H groups in total. The minimum Gasteiger partial charge on any atom is -0.495 e. The molecule has 8 nitrogen and oxygen atoms in total. The molecule has 0 fully saturated rings. The minimum atomic E-state index is -0.448. The van der Waals surface area contributed by atoms with Gasteiger partial charge in [0.25, 0.3) is 0 Å². The number of hydrogen-bond donors (Lipinski definition) is 2. The minimum absolute atomic E-state index is 0.215. The number of methoxy groups -OCH3 is 2. The monoisotopic (exact) mass is 351 g/mol. The van der Waals surface area contributed by atoms with Crippen LogP contribution in [0.1, 0.15) is 0 Å². The molecule has 0 spiro atoms. The van der Waals surface area contributed by atoms with Crippen molar-refractivity contribution in [1.29, 1.82) is 0 Å². The molecular formula is C15H18ClN5O3. The van der Waals surface area contributed by atoms with Crippen molar-refractivity contribution in [2.24, 2.45) is 0 Å². The first-order chi connectivity index (χ1) is 11.4. The van der Waals surface area contributed by atoms with Crippen molar-refractivity contribution in [1.82, 2.24) is 9.97 Å². The van der Waals surface area contributed by atoms with Gasteiger partial charge in [0.1, 0.15) is 11.4 Å². The van der Waals surface area contributed by atoms with Gasteiger partial charge in [0.15, 0.2) is 5.82 Å². The van der Waals surface area contributed by atoms with Crippen LogP contribution in [0, 0.1) is 0 Å². The molecule has 0 saturated heterocycles. The van der Waals surface area contributed by atoms with E-state index in [1.54, 1.807) is 37.2 Å². The number of hydrogen-bond acceptors (Lipinski definition) is 6. The molecule has 0 radical (unpaired) electrons. The van der Waals surface area contributed by atoms with E-state index in [0.29, 0.717) is 28.0 Å². The van der Waals surface area contributed by atoms with Gasteiger partial charge >= 0.3 is 12.0 Å². The smallest absolute Gasteiger partial charge is 0.323 e. The Morgan fingerprint density at radius 2 is 1.96 bits per heavy atom. The lowest BCUT2D eigenvalue weighted by molar-refractivity contribution is 0.262. The zero-order valence-electron chi connectivity index (χ0n) is 13.8. The number of halogens is 1. The summed E-state index contributed by atoms with van der Waals surface area (Å²) in [5, 5.41) is 5.85. The van der Waals surface area contributed by atoms with Crippen LogP contribution in [0.15, 0.2) is 24.4 Å². The zero-order valence-corrected chi connectivity index (χ0v) is 14.5. The lowest BCUT2D eigenvalue weighted by Gasteiger charge is -2.17. The Balaban J connectivity index is 2.15. The first-order valence-corrected chi connectivity index (χ1v) is 7.32. The number of carbonyl (C=O) groups excluding carboxylic acids is 1. The van der Waals surface area contributed by atoms with Crippen molar-refractivity contribution >= 4 is 34.8 Å². The molecule has 1 aromatic heterocycles. The van der Waals surface area contributed by atoms with E-state index in [-0.39, 0.29) is 6.01 Å². The maximum atomic E-state index is 12.2. The summed E-state index contributed by atoms with van der Waals surface area (Å²) in [6.45, 7) is 0. The van der Waals surface area contributed by atoms with Crippen LogP contribution in [-0.2, 0) is 0 Å². The average molecular weight is 352 g/mol. The van der Waals surface area contributed by atoms with Crippen LogP contribution in [0.2, 0.25) is 5.02 Å². The molecule has 1 heterocycles. The molecule has 0 aliphatic carbocycles. The van der Waals surface area contributed by atoms with E-state index in [2.05, 4.69) is 20.6 Å². The highest BCUT2D eigenvalue weighted by Gasteiger charge is 2.13. The topological polar surface area (TPSA) is 88.6 Å². The van der Waals surface area contributed by atoms with Gasteiger partial charge in [-0.2, -0.15) is 4.98 Å².